The molecule has 5 aromatic rings. The fourth-order valence-electron chi connectivity index (χ4n) is 4.27. The SMILES string of the molecule is CN(C)C(=O)CCn1c(NC(=O)c2ccc(-c3cn[nH]c3)s2)nc2cc3c(cc21)n(CC(F)(F)F)c(=O)n3C. The molecule has 0 saturated carbocycles. The minimum atomic E-state index is -4.61. The Morgan fingerprint density at radius 3 is 2.56 bits per heavy atom. The Morgan fingerprint density at radius 1 is 1.13 bits per heavy atom. The number of nitrogens with zero attached hydrogens (tertiary/aromatic N) is 6. The van der Waals surface area contributed by atoms with Crippen LogP contribution in [-0.2, 0) is 24.9 Å². The number of carbonyl (C=O) groups is 2. The highest BCUT2D eigenvalue weighted by Crippen LogP contribution is 2.30. The van der Waals surface area contributed by atoms with Crippen LogP contribution in [0.5, 0.6) is 0 Å². The number of halogens is 3. The van der Waals surface area contributed by atoms with Crippen molar-refractivity contribution in [1.29, 1.82) is 0 Å². The first kappa shape index (κ1) is 26.2. The second-order valence-corrected chi connectivity index (χ2v) is 10.2. The third-order valence-corrected chi connectivity index (χ3v) is 7.37. The number of alkyl halides is 3. The molecular formula is C24H23F3N8O3S. The molecule has 0 atom stereocenters. The van der Waals surface area contributed by atoms with E-state index in [-0.39, 0.29) is 35.9 Å². The van der Waals surface area contributed by atoms with Gasteiger partial charge in [-0.05, 0) is 24.3 Å². The minimum Gasteiger partial charge on any atom is -0.349 e. The monoisotopic (exact) mass is 560 g/mol. The lowest BCUT2D eigenvalue weighted by Crippen LogP contribution is -2.28. The van der Waals surface area contributed by atoms with Crippen LogP contribution >= 0.6 is 11.3 Å². The number of fused-ring (bicyclic) bond motifs is 2. The average Bonchev–Trinajstić information content (AvgIpc) is 3.65. The second-order valence-electron chi connectivity index (χ2n) is 9.10. The third kappa shape index (κ3) is 5.04. The van der Waals surface area contributed by atoms with E-state index in [1.807, 2.05) is 0 Å². The summed E-state index contributed by atoms with van der Waals surface area (Å²) in [7, 11) is 4.59. The molecule has 2 amide bonds. The van der Waals surface area contributed by atoms with E-state index in [9.17, 15) is 27.6 Å². The van der Waals surface area contributed by atoms with Gasteiger partial charge in [0.2, 0.25) is 11.9 Å². The van der Waals surface area contributed by atoms with E-state index < -0.39 is 24.3 Å². The standard InChI is InChI=1S/C24H23F3N8O3S/c1-32(2)20(36)6-7-34-15-9-17-16(33(3)23(38)35(17)12-24(25,26)27)8-14(15)30-22(34)31-21(37)19-5-4-18(39-19)13-10-28-29-11-13/h4-5,8-11H,6-7,12H2,1-3H3,(H,28,29)(H,30,31,37). The van der Waals surface area contributed by atoms with Crippen LogP contribution in [0, 0.1) is 0 Å². The number of carbonyl (C=O) groups excluding carboxylic acids is 2. The number of aryl methyl sites for hydroxylation is 2. The smallest absolute Gasteiger partial charge is 0.349 e. The summed E-state index contributed by atoms with van der Waals surface area (Å²) in [6, 6.07) is 6.38. The molecule has 0 unspecified atom stereocenters. The molecule has 4 heterocycles. The Balaban J connectivity index is 1.58. The molecule has 39 heavy (non-hydrogen) atoms. The number of nitrogens with one attached hydrogen (secondary N) is 2. The van der Waals surface area contributed by atoms with Crippen LogP contribution in [0.3, 0.4) is 0 Å². The van der Waals surface area contributed by atoms with Crippen molar-refractivity contribution in [2.24, 2.45) is 7.05 Å². The summed E-state index contributed by atoms with van der Waals surface area (Å²) < 4.78 is 43.1. The van der Waals surface area contributed by atoms with Gasteiger partial charge in [-0.15, -0.1) is 11.3 Å². The van der Waals surface area contributed by atoms with Gasteiger partial charge in [-0.2, -0.15) is 18.3 Å². The predicted octanol–water partition coefficient (Wildman–Crippen LogP) is 3.43. The third-order valence-electron chi connectivity index (χ3n) is 6.24. The second kappa shape index (κ2) is 9.72. The molecule has 15 heteroatoms. The van der Waals surface area contributed by atoms with Gasteiger partial charge in [0.15, 0.2) is 0 Å². The first-order chi connectivity index (χ1) is 18.4. The van der Waals surface area contributed by atoms with Crippen LogP contribution in [0.2, 0.25) is 0 Å². The summed E-state index contributed by atoms with van der Waals surface area (Å²) in [5, 5.41) is 9.41. The summed E-state index contributed by atoms with van der Waals surface area (Å²) in [4.78, 5) is 45.2. The fraction of sp³-hybridized carbons (Fsp3) is 0.292. The molecule has 4 aromatic heterocycles. The van der Waals surface area contributed by atoms with Crippen LogP contribution in [0.1, 0.15) is 16.1 Å². The minimum absolute atomic E-state index is 0.0488. The first-order valence-electron chi connectivity index (χ1n) is 11.7. The van der Waals surface area contributed by atoms with E-state index in [1.54, 1.807) is 43.2 Å². The van der Waals surface area contributed by atoms with Gasteiger partial charge in [0.25, 0.3) is 5.91 Å². The molecule has 1 aromatic carbocycles. The number of aromatic nitrogens is 6. The van der Waals surface area contributed by atoms with Crippen LogP contribution in [0.25, 0.3) is 32.5 Å². The maximum Gasteiger partial charge on any atom is 0.406 e. The van der Waals surface area contributed by atoms with E-state index in [2.05, 4.69) is 20.5 Å². The van der Waals surface area contributed by atoms with E-state index in [0.717, 1.165) is 15.0 Å². The van der Waals surface area contributed by atoms with Gasteiger partial charge < -0.3 is 9.47 Å². The first-order valence-corrected chi connectivity index (χ1v) is 12.5. The highest BCUT2D eigenvalue weighted by atomic mass is 32.1. The van der Waals surface area contributed by atoms with Crippen molar-refractivity contribution in [2.75, 3.05) is 19.4 Å². The Labute approximate surface area is 222 Å². The van der Waals surface area contributed by atoms with E-state index >= 15 is 0 Å². The van der Waals surface area contributed by atoms with Crippen molar-refractivity contribution in [1.82, 2.24) is 33.8 Å². The van der Waals surface area contributed by atoms with Gasteiger partial charge in [-0.25, -0.2) is 9.78 Å². The summed E-state index contributed by atoms with van der Waals surface area (Å²) in [5.41, 5.74) is 1.05. The summed E-state index contributed by atoms with van der Waals surface area (Å²) in [6.45, 7) is -1.36. The molecule has 204 valence electrons. The molecule has 5 rings (SSSR count). The van der Waals surface area contributed by atoms with Crippen molar-refractivity contribution >= 4 is 51.2 Å². The highest BCUT2D eigenvalue weighted by molar-refractivity contribution is 7.17. The fourth-order valence-corrected chi connectivity index (χ4v) is 5.15. The molecular weight excluding hydrogens is 537 g/mol. The molecule has 0 spiro atoms. The van der Waals surface area contributed by atoms with Crippen LogP contribution in [0.4, 0.5) is 19.1 Å². The van der Waals surface area contributed by atoms with Gasteiger partial charge in [0, 0.05) is 50.7 Å². The Bertz CT molecular complexity index is 1760. The molecule has 0 aliphatic carbocycles. The van der Waals surface area contributed by atoms with E-state index in [0.29, 0.717) is 20.5 Å². The highest BCUT2D eigenvalue weighted by Gasteiger charge is 2.31. The molecule has 0 aliphatic heterocycles. The maximum absolute atomic E-state index is 13.3. The van der Waals surface area contributed by atoms with Gasteiger partial charge in [-0.3, -0.25) is 29.1 Å². The van der Waals surface area contributed by atoms with Crippen LogP contribution < -0.4 is 11.0 Å². The average molecular weight is 561 g/mol. The molecule has 0 fully saturated rings. The number of hydrogen-bond donors (Lipinski definition) is 2. The Kier molecular flexibility index (Phi) is 6.54. The van der Waals surface area contributed by atoms with Crippen molar-refractivity contribution in [3.8, 4) is 10.4 Å². The van der Waals surface area contributed by atoms with Gasteiger partial charge in [0.1, 0.15) is 6.54 Å². The molecule has 2 N–H and O–H groups in total. The number of rotatable bonds is 7. The number of benzene rings is 1. The Hall–Kier alpha value is -4.40. The number of aromatic amines is 1. The van der Waals surface area contributed by atoms with Crippen molar-refractivity contribution in [3.05, 3.63) is 52.0 Å². The van der Waals surface area contributed by atoms with Crippen molar-refractivity contribution in [3.63, 3.8) is 0 Å². The largest absolute Gasteiger partial charge is 0.406 e. The maximum atomic E-state index is 13.3. The molecule has 0 aliphatic rings. The number of hydrogen-bond acceptors (Lipinski definition) is 6. The molecule has 0 saturated heterocycles. The predicted molar refractivity (Wildman–Crippen MR) is 140 cm³/mol. The zero-order valence-electron chi connectivity index (χ0n) is 21.0. The topological polar surface area (TPSA) is 123 Å². The number of amides is 2. The number of thiophene rings is 1. The Morgan fingerprint density at radius 2 is 1.90 bits per heavy atom. The molecule has 0 radical (unpaired) electrons. The van der Waals surface area contributed by atoms with E-state index in [1.165, 1.54) is 35.4 Å². The normalized spacial score (nSPS) is 11.9. The molecule has 0 bridgehead atoms. The van der Waals surface area contributed by atoms with Gasteiger partial charge >= 0.3 is 11.9 Å². The molecule has 11 nitrogen and oxygen atoms in total. The van der Waals surface area contributed by atoms with Gasteiger partial charge in [-0.1, -0.05) is 0 Å². The summed E-state index contributed by atoms with van der Waals surface area (Å²) in [6.07, 6.45) is -1.22. The van der Waals surface area contributed by atoms with Crippen molar-refractivity contribution < 1.29 is 22.8 Å². The lowest BCUT2D eigenvalue weighted by molar-refractivity contribution is -0.140. The quantitative estimate of drug-likeness (QED) is 0.316. The van der Waals surface area contributed by atoms with Gasteiger partial charge in [0.05, 0.1) is 33.1 Å². The number of anilines is 1. The summed E-state index contributed by atoms with van der Waals surface area (Å²) in [5.74, 6) is -0.504. The van der Waals surface area contributed by atoms with Crippen molar-refractivity contribution in [2.45, 2.75) is 25.7 Å². The zero-order chi connectivity index (χ0) is 28.1. The van der Waals surface area contributed by atoms with E-state index in [4.69, 9.17) is 0 Å². The number of H-pyrrole nitrogens is 1. The summed E-state index contributed by atoms with van der Waals surface area (Å²) >= 11 is 1.25. The lowest BCUT2D eigenvalue weighted by atomic mass is 10.2. The van der Waals surface area contributed by atoms with Crippen LogP contribution in [-0.4, -0.2) is 65.9 Å². The zero-order valence-corrected chi connectivity index (χ0v) is 21.9. The lowest BCUT2D eigenvalue weighted by Gasteiger charge is -2.13. The van der Waals surface area contributed by atoms with Crippen LogP contribution in [0.15, 0.2) is 41.5 Å². The number of imidazole rings is 2.